The van der Waals surface area contributed by atoms with E-state index in [2.05, 4.69) is 43.8 Å². The zero-order valence-electron chi connectivity index (χ0n) is 11.4. The molecule has 1 amide bonds. The Kier molecular flexibility index (Phi) is 6.20. The lowest BCUT2D eigenvalue weighted by atomic mass is 10.1. The lowest BCUT2D eigenvalue weighted by Crippen LogP contribution is -2.27. The van der Waals surface area contributed by atoms with E-state index >= 15 is 0 Å². The average molecular weight is 459 g/mol. The smallest absolute Gasteiger partial charge is 0.252 e. The quantitative estimate of drug-likeness (QED) is 0.668. The van der Waals surface area contributed by atoms with Gasteiger partial charge >= 0.3 is 0 Å². The van der Waals surface area contributed by atoms with Gasteiger partial charge in [-0.3, -0.25) is 4.79 Å². The Labute approximate surface area is 146 Å². The molecule has 0 bridgehead atoms. The number of amides is 1. The van der Waals surface area contributed by atoms with Crippen molar-refractivity contribution in [3.8, 4) is 0 Å². The summed E-state index contributed by atoms with van der Waals surface area (Å²) in [5, 5.41) is 2.92. The first-order valence-corrected chi connectivity index (χ1v) is 8.49. The number of nitrogens with one attached hydrogen (secondary N) is 1. The summed E-state index contributed by atoms with van der Waals surface area (Å²) in [6.07, 6.45) is 0.706. The van der Waals surface area contributed by atoms with E-state index in [9.17, 15) is 4.79 Å². The second-order valence-electron chi connectivity index (χ2n) is 4.69. The predicted molar refractivity (Wildman–Crippen MR) is 97.2 cm³/mol. The highest BCUT2D eigenvalue weighted by atomic mass is 127. The Morgan fingerprint density at radius 2 is 1.95 bits per heavy atom. The molecule has 110 valence electrons. The van der Waals surface area contributed by atoms with Gasteiger partial charge in [-0.1, -0.05) is 30.3 Å². The molecule has 0 aliphatic carbocycles. The Bertz CT molecular complexity index is 619. The monoisotopic (exact) mass is 458 g/mol. The van der Waals surface area contributed by atoms with Gasteiger partial charge in [-0.25, -0.2) is 0 Å². The Morgan fingerprint density at radius 1 is 1.24 bits per heavy atom. The van der Waals surface area contributed by atoms with Crippen LogP contribution in [0.3, 0.4) is 0 Å². The fourth-order valence-electron chi connectivity index (χ4n) is 1.97. The third kappa shape index (κ3) is 4.79. The summed E-state index contributed by atoms with van der Waals surface area (Å²) in [4.78, 5) is 12.2. The maximum atomic E-state index is 12.2. The first-order valence-electron chi connectivity index (χ1n) is 6.61. The van der Waals surface area contributed by atoms with Gasteiger partial charge in [-0.15, -0.1) is 0 Å². The molecule has 0 aliphatic rings. The number of hydrogen-bond acceptors (Lipinski definition) is 2. The molecule has 2 rings (SSSR count). The van der Waals surface area contributed by atoms with E-state index in [1.54, 1.807) is 0 Å². The van der Waals surface area contributed by atoms with Crippen LogP contribution in [-0.4, -0.2) is 12.5 Å². The van der Waals surface area contributed by atoms with Crippen LogP contribution in [-0.2, 0) is 0 Å². The molecule has 0 saturated carbocycles. The summed E-state index contributed by atoms with van der Waals surface area (Å²) < 4.78 is 1.83. The van der Waals surface area contributed by atoms with E-state index in [0.29, 0.717) is 18.5 Å². The van der Waals surface area contributed by atoms with E-state index in [4.69, 9.17) is 5.73 Å². The third-order valence-corrected chi connectivity index (χ3v) is 4.50. The summed E-state index contributed by atoms with van der Waals surface area (Å²) in [5.41, 5.74) is 7.85. The highest BCUT2D eigenvalue weighted by Gasteiger charge is 2.11. The molecule has 0 saturated heterocycles. The minimum absolute atomic E-state index is 0.0640. The van der Waals surface area contributed by atoms with Gasteiger partial charge in [0.1, 0.15) is 0 Å². The van der Waals surface area contributed by atoms with E-state index < -0.39 is 0 Å². The topological polar surface area (TPSA) is 55.1 Å². The van der Waals surface area contributed by atoms with Crippen molar-refractivity contribution in [2.75, 3.05) is 6.54 Å². The van der Waals surface area contributed by atoms with Gasteiger partial charge in [-0.05, 0) is 68.7 Å². The molecule has 1 atom stereocenters. The molecule has 2 aromatic carbocycles. The molecule has 21 heavy (non-hydrogen) atoms. The minimum Gasteiger partial charge on any atom is -0.352 e. The van der Waals surface area contributed by atoms with E-state index in [-0.39, 0.29) is 11.9 Å². The van der Waals surface area contributed by atoms with Crippen molar-refractivity contribution in [3.63, 3.8) is 0 Å². The molecular weight excluding hydrogens is 443 g/mol. The highest BCUT2D eigenvalue weighted by Crippen LogP contribution is 2.19. The van der Waals surface area contributed by atoms with Gasteiger partial charge in [0.25, 0.3) is 5.91 Å². The van der Waals surface area contributed by atoms with Gasteiger partial charge in [0, 0.05) is 20.6 Å². The number of hydrogen-bond donors (Lipinski definition) is 2. The molecule has 0 spiro atoms. The van der Waals surface area contributed by atoms with Gasteiger partial charge in [0.2, 0.25) is 0 Å². The third-order valence-electron chi connectivity index (χ3n) is 3.14. The normalized spacial score (nSPS) is 12.0. The Balaban J connectivity index is 1.88. The minimum atomic E-state index is -0.0827. The summed E-state index contributed by atoms with van der Waals surface area (Å²) in [6.45, 7) is 0.548. The van der Waals surface area contributed by atoms with E-state index in [1.165, 1.54) is 0 Å². The fourth-order valence-corrected chi connectivity index (χ4v) is 2.89. The van der Waals surface area contributed by atoms with Crippen LogP contribution >= 0.6 is 38.5 Å². The van der Waals surface area contributed by atoms with Crippen LogP contribution in [0.5, 0.6) is 0 Å². The number of benzene rings is 2. The summed E-state index contributed by atoms with van der Waals surface area (Å²) in [6, 6.07) is 15.5. The number of nitrogens with two attached hydrogens (primary N) is 1. The molecule has 0 aliphatic heterocycles. The number of halogens is 2. The second kappa shape index (κ2) is 7.91. The maximum absolute atomic E-state index is 12.2. The Morgan fingerprint density at radius 3 is 2.67 bits per heavy atom. The molecule has 1 unspecified atom stereocenters. The number of rotatable bonds is 5. The van der Waals surface area contributed by atoms with Crippen LogP contribution in [0.4, 0.5) is 0 Å². The lowest BCUT2D eigenvalue weighted by molar-refractivity contribution is 0.0951. The summed E-state index contributed by atoms with van der Waals surface area (Å²) in [5.74, 6) is -0.0827. The zero-order valence-corrected chi connectivity index (χ0v) is 15.1. The first kappa shape index (κ1) is 16.5. The maximum Gasteiger partial charge on any atom is 0.252 e. The second-order valence-corrected chi connectivity index (χ2v) is 6.79. The molecule has 3 nitrogen and oxygen atoms in total. The van der Waals surface area contributed by atoms with Crippen molar-refractivity contribution >= 4 is 44.4 Å². The van der Waals surface area contributed by atoms with E-state index in [0.717, 1.165) is 13.6 Å². The van der Waals surface area contributed by atoms with Crippen molar-refractivity contribution < 1.29 is 4.79 Å². The lowest BCUT2D eigenvalue weighted by Gasteiger charge is -2.13. The van der Waals surface area contributed by atoms with Crippen LogP contribution in [0.15, 0.2) is 53.0 Å². The van der Waals surface area contributed by atoms with Gasteiger partial charge in [-0.2, -0.15) is 0 Å². The standard InChI is InChI=1S/C16H16BrIN2O/c17-14-7-6-12(18)10-13(14)16(21)20-9-8-15(19)11-4-2-1-3-5-11/h1-7,10,15H,8-9,19H2,(H,20,21). The molecule has 0 aromatic heterocycles. The molecule has 3 N–H and O–H groups in total. The molecular formula is C16H16BrIN2O. The van der Waals surface area contributed by atoms with Crippen LogP contribution in [0, 0.1) is 3.57 Å². The first-order chi connectivity index (χ1) is 10.1. The van der Waals surface area contributed by atoms with Crippen LogP contribution in [0.25, 0.3) is 0 Å². The summed E-state index contributed by atoms with van der Waals surface area (Å²) in [7, 11) is 0. The molecule has 0 radical (unpaired) electrons. The van der Waals surface area contributed by atoms with Crippen molar-refractivity contribution in [3.05, 3.63) is 67.7 Å². The number of carbonyl (C=O) groups excluding carboxylic acids is 1. The molecule has 0 fully saturated rings. The van der Waals surface area contributed by atoms with E-state index in [1.807, 2.05) is 48.5 Å². The zero-order chi connectivity index (χ0) is 15.2. The van der Waals surface area contributed by atoms with Crippen LogP contribution < -0.4 is 11.1 Å². The van der Waals surface area contributed by atoms with Crippen molar-refractivity contribution in [2.24, 2.45) is 5.73 Å². The van der Waals surface area contributed by atoms with Crippen molar-refractivity contribution in [1.29, 1.82) is 0 Å². The van der Waals surface area contributed by atoms with Gasteiger partial charge in [0.15, 0.2) is 0 Å². The van der Waals surface area contributed by atoms with Gasteiger partial charge in [0.05, 0.1) is 5.56 Å². The van der Waals surface area contributed by atoms with Gasteiger partial charge < -0.3 is 11.1 Å². The predicted octanol–water partition coefficient (Wildman–Crippen LogP) is 3.87. The molecule has 2 aromatic rings. The average Bonchev–Trinajstić information content (AvgIpc) is 2.50. The Hall–Kier alpha value is -0.920. The highest BCUT2D eigenvalue weighted by molar-refractivity contribution is 14.1. The van der Waals surface area contributed by atoms with Crippen LogP contribution in [0.2, 0.25) is 0 Å². The fraction of sp³-hybridized carbons (Fsp3) is 0.188. The largest absolute Gasteiger partial charge is 0.352 e. The SMILES string of the molecule is NC(CCNC(=O)c1cc(I)ccc1Br)c1ccccc1. The van der Waals surface area contributed by atoms with Crippen molar-refractivity contribution in [1.82, 2.24) is 5.32 Å². The molecule has 5 heteroatoms. The number of carbonyl (C=O) groups is 1. The van der Waals surface area contributed by atoms with Crippen LogP contribution in [0.1, 0.15) is 28.4 Å². The molecule has 0 heterocycles. The summed E-state index contributed by atoms with van der Waals surface area (Å²) >= 11 is 5.59. The van der Waals surface area contributed by atoms with Crippen molar-refractivity contribution in [2.45, 2.75) is 12.5 Å².